The first-order chi connectivity index (χ1) is 6.09. The van der Waals surface area contributed by atoms with E-state index in [-0.39, 0.29) is 0 Å². The van der Waals surface area contributed by atoms with Crippen LogP contribution in [0.1, 0.15) is 13.8 Å². The molecule has 3 N–H and O–H groups in total. The second-order valence-corrected chi connectivity index (χ2v) is 4.00. The molecule has 0 aromatic heterocycles. The number of hydrogen-bond acceptors (Lipinski definition) is 4. The van der Waals surface area contributed by atoms with Gasteiger partial charge < -0.3 is 15.5 Å². The van der Waals surface area contributed by atoms with Crippen molar-refractivity contribution in [2.45, 2.75) is 32.1 Å². The molecule has 0 bridgehead atoms. The largest absolute Gasteiger partial charge is 0.389 e. The van der Waals surface area contributed by atoms with Crippen molar-refractivity contribution in [3.05, 3.63) is 0 Å². The number of likely N-dealkylation sites (tertiary alicyclic amines) is 1. The van der Waals surface area contributed by atoms with E-state index < -0.39 is 12.2 Å². The molecule has 2 atom stereocenters. The molecule has 1 aliphatic rings. The molecule has 0 saturated carbocycles. The predicted octanol–water partition coefficient (Wildman–Crippen LogP) is -0.978. The van der Waals surface area contributed by atoms with E-state index in [4.69, 9.17) is 0 Å². The lowest BCUT2D eigenvalue weighted by molar-refractivity contribution is 0.0572. The van der Waals surface area contributed by atoms with Crippen molar-refractivity contribution in [1.29, 1.82) is 0 Å². The molecule has 4 nitrogen and oxygen atoms in total. The summed E-state index contributed by atoms with van der Waals surface area (Å²) in [6, 6.07) is 0.498. The molecule has 78 valence electrons. The van der Waals surface area contributed by atoms with Gasteiger partial charge in [0.1, 0.15) is 0 Å². The fraction of sp³-hybridized carbons (Fsp3) is 1.00. The van der Waals surface area contributed by atoms with Gasteiger partial charge in [-0.2, -0.15) is 0 Å². The van der Waals surface area contributed by atoms with E-state index in [2.05, 4.69) is 24.1 Å². The molecule has 1 fully saturated rings. The highest BCUT2D eigenvalue weighted by molar-refractivity contribution is 4.83. The van der Waals surface area contributed by atoms with Gasteiger partial charge in [0.2, 0.25) is 0 Å². The van der Waals surface area contributed by atoms with Gasteiger partial charge in [0.05, 0.1) is 12.2 Å². The van der Waals surface area contributed by atoms with Gasteiger partial charge in [0, 0.05) is 32.2 Å². The SMILES string of the molecule is CC(C)NCCN1CC(O)C(O)C1. The predicted molar refractivity (Wildman–Crippen MR) is 51.6 cm³/mol. The lowest BCUT2D eigenvalue weighted by atomic mass is 10.3. The second-order valence-electron chi connectivity index (χ2n) is 4.00. The molecule has 1 saturated heterocycles. The second kappa shape index (κ2) is 4.91. The summed E-state index contributed by atoms with van der Waals surface area (Å²) < 4.78 is 0. The fourth-order valence-corrected chi connectivity index (χ4v) is 1.54. The van der Waals surface area contributed by atoms with Gasteiger partial charge in [-0.1, -0.05) is 13.8 Å². The van der Waals surface area contributed by atoms with E-state index in [1.54, 1.807) is 0 Å². The van der Waals surface area contributed by atoms with Crippen LogP contribution in [-0.4, -0.2) is 59.5 Å². The van der Waals surface area contributed by atoms with Gasteiger partial charge in [-0.05, 0) is 0 Å². The van der Waals surface area contributed by atoms with Crippen molar-refractivity contribution in [1.82, 2.24) is 10.2 Å². The van der Waals surface area contributed by atoms with E-state index in [1.165, 1.54) is 0 Å². The highest BCUT2D eigenvalue weighted by Gasteiger charge is 2.28. The maximum Gasteiger partial charge on any atom is 0.0938 e. The van der Waals surface area contributed by atoms with Gasteiger partial charge in [-0.15, -0.1) is 0 Å². The third-order valence-corrected chi connectivity index (χ3v) is 2.32. The lowest BCUT2D eigenvalue weighted by Gasteiger charge is -2.16. The molecule has 0 amide bonds. The van der Waals surface area contributed by atoms with Crippen LogP contribution in [0.15, 0.2) is 0 Å². The average Bonchev–Trinajstić information content (AvgIpc) is 2.30. The lowest BCUT2D eigenvalue weighted by Crippen LogP contribution is -2.34. The van der Waals surface area contributed by atoms with E-state index in [0.29, 0.717) is 19.1 Å². The van der Waals surface area contributed by atoms with Gasteiger partial charge in [-0.3, -0.25) is 4.90 Å². The molecule has 0 aliphatic carbocycles. The topological polar surface area (TPSA) is 55.7 Å². The van der Waals surface area contributed by atoms with Crippen LogP contribution in [0.25, 0.3) is 0 Å². The summed E-state index contributed by atoms with van der Waals surface area (Å²) in [4.78, 5) is 2.07. The quantitative estimate of drug-likeness (QED) is 0.531. The zero-order valence-electron chi connectivity index (χ0n) is 8.40. The highest BCUT2D eigenvalue weighted by atomic mass is 16.3. The minimum atomic E-state index is -0.556. The smallest absolute Gasteiger partial charge is 0.0938 e. The van der Waals surface area contributed by atoms with Gasteiger partial charge >= 0.3 is 0 Å². The molecular weight excluding hydrogens is 168 g/mol. The summed E-state index contributed by atoms with van der Waals surface area (Å²) >= 11 is 0. The monoisotopic (exact) mass is 188 g/mol. The Hall–Kier alpha value is -0.160. The van der Waals surface area contributed by atoms with Crippen LogP contribution in [0.3, 0.4) is 0 Å². The zero-order chi connectivity index (χ0) is 9.84. The number of β-amino-alcohol motifs (C(OH)–C–C–N with tert-alkyl or cyclic N) is 2. The van der Waals surface area contributed by atoms with E-state index in [9.17, 15) is 10.2 Å². The average molecular weight is 188 g/mol. The van der Waals surface area contributed by atoms with Crippen molar-refractivity contribution >= 4 is 0 Å². The molecule has 2 unspecified atom stereocenters. The first-order valence-electron chi connectivity index (χ1n) is 4.91. The molecule has 0 aromatic rings. The normalized spacial score (nSPS) is 30.2. The zero-order valence-corrected chi connectivity index (χ0v) is 8.40. The van der Waals surface area contributed by atoms with Gasteiger partial charge in [0.25, 0.3) is 0 Å². The molecular formula is C9H20N2O2. The van der Waals surface area contributed by atoms with Crippen LogP contribution in [0.2, 0.25) is 0 Å². The Balaban J connectivity index is 2.10. The number of nitrogens with one attached hydrogen (secondary N) is 1. The summed E-state index contributed by atoms with van der Waals surface area (Å²) in [5.74, 6) is 0. The molecule has 1 rings (SSSR count). The number of rotatable bonds is 4. The third-order valence-electron chi connectivity index (χ3n) is 2.32. The Labute approximate surface area is 79.6 Å². The Morgan fingerprint density at radius 2 is 1.85 bits per heavy atom. The molecule has 13 heavy (non-hydrogen) atoms. The maximum absolute atomic E-state index is 9.26. The first-order valence-corrected chi connectivity index (χ1v) is 4.91. The van der Waals surface area contributed by atoms with Crippen LogP contribution in [-0.2, 0) is 0 Å². The van der Waals surface area contributed by atoms with Crippen LogP contribution in [0.4, 0.5) is 0 Å². The highest BCUT2D eigenvalue weighted by Crippen LogP contribution is 2.08. The Kier molecular flexibility index (Phi) is 4.12. The standard InChI is InChI=1S/C9H20N2O2/c1-7(2)10-3-4-11-5-8(12)9(13)6-11/h7-10,12-13H,3-6H2,1-2H3. The summed E-state index contributed by atoms with van der Waals surface area (Å²) in [7, 11) is 0. The van der Waals surface area contributed by atoms with Crippen LogP contribution in [0.5, 0.6) is 0 Å². The van der Waals surface area contributed by atoms with E-state index in [0.717, 1.165) is 13.1 Å². The van der Waals surface area contributed by atoms with Crippen molar-refractivity contribution < 1.29 is 10.2 Å². The van der Waals surface area contributed by atoms with Gasteiger partial charge in [-0.25, -0.2) is 0 Å². The summed E-state index contributed by atoms with van der Waals surface area (Å²) in [5, 5.41) is 21.8. The number of aliphatic hydroxyl groups excluding tert-OH is 2. The maximum atomic E-state index is 9.26. The van der Waals surface area contributed by atoms with Crippen LogP contribution in [0, 0.1) is 0 Å². The molecule has 0 aromatic carbocycles. The molecule has 0 spiro atoms. The molecule has 0 radical (unpaired) electrons. The van der Waals surface area contributed by atoms with Crippen molar-refractivity contribution in [2.75, 3.05) is 26.2 Å². The van der Waals surface area contributed by atoms with E-state index >= 15 is 0 Å². The number of nitrogens with zero attached hydrogens (tertiary/aromatic N) is 1. The molecule has 1 aliphatic heterocycles. The Morgan fingerprint density at radius 1 is 1.31 bits per heavy atom. The van der Waals surface area contributed by atoms with Crippen molar-refractivity contribution in [3.63, 3.8) is 0 Å². The summed E-state index contributed by atoms with van der Waals surface area (Å²) in [5.41, 5.74) is 0. The number of aliphatic hydroxyl groups is 2. The first kappa shape index (κ1) is 10.9. The Bertz CT molecular complexity index is 143. The van der Waals surface area contributed by atoms with E-state index in [1.807, 2.05) is 0 Å². The van der Waals surface area contributed by atoms with Gasteiger partial charge in [0.15, 0.2) is 0 Å². The Morgan fingerprint density at radius 3 is 2.31 bits per heavy atom. The fourth-order valence-electron chi connectivity index (χ4n) is 1.54. The molecule has 1 heterocycles. The van der Waals surface area contributed by atoms with Crippen LogP contribution >= 0.6 is 0 Å². The van der Waals surface area contributed by atoms with Crippen LogP contribution < -0.4 is 5.32 Å². The summed E-state index contributed by atoms with van der Waals surface area (Å²) in [6.45, 7) is 7.21. The molecule has 4 heteroatoms. The van der Waals surface area contributed by atoms with Crippen molar-refractivity contribution in [3.8, 4) is 0 Å². The number of hydrogen-bond donors (Lipinski definition) is 3. The minimum absolute atomic E-state index is 0.498. The third kappa shape index (κ3) is 3.60. The minimum Gasteiger partial charge on any atom is -0.389 e. The summed E-state index contributed by atoms with van der Waals surface area (Å²) in [6.07, 6.45) is -1.11. The van der Waals surface area contributed by atoms with Crippen molar-refractivity contribution in [2.24, 2.45) is 0 Å².